The third-order valence-electron chi connectivity index (χ3n) is 7.21. The van der Waals surface area contributed by atoms with Gasteiger partial charge in [-0.25, -0.2) is 0 Å². The van der Waals surface area contributed by atoms with Crippen molar-refractivity contribution < 1.29 is 19.1 Å². The Balaban J connectivity index is 1.55. The maximum atomic E-state index is 13.7. The molecule has 8 nitrogen and oxygen atoms in total. The highest BCUT2D eigenvalue weighted by atomic mass is 32.2. The lowest BCUT2D eigenvalue weighted by Gasteiger charge is -2.36. The molecule has 5 atom stereocenters. The maximum Gasteiger partial charge on any atom is 0.246 e. The highest BCUT2D eigenvalue weighted by Crippen LogP contribution is 2.46. The van der Waals surface area contributed by atoms with Crippen LogP contribution in [0.3, 0.4) is 0 Å². The first-order chi connectivity index (χ1) is 16.3. The van der Waals surface area contributed by atoms with Crippen LogP contribution in [0.5, 0.6) is 5.75 Å². The molecule has 3 aliphatic heterocycles. The molecule has 2 unspecified atom stereocenters. The van der Waals surface area contributed by atoms with Crippen molar-refractivity contribution in [2.75, 3.05) is 19.4 Å². The lowest BCUT2D eigenvalue weighted by Crippen LogP contribution is -2.58. The van der Waals surface area contributed by atoms with Gasteiger partial charge in [-0.1, -0.05) is 39.0 Å². The second-order valence-electron chi connectivity index (χ2n) is 10.0. The van der Waals surface area contributed by atoms with Gasteiger partial charge in [0.2, 0.25) is 17.7 Å². The van der Waals surface area contributed by atoms with Gasteiger partial charge in [0.1, 0.15) is 17.8 Å². The molecule has 3 heterocycles. The fourth-order valence-electron chi connectivity index (χ4n) is 5.39. The zero-order valence-electron chi connectivity index (χ0n) is 20.4. The zero-order valence-corrected chi connectivity index (χ0v) is 21.2. The third-order valence-corrected chi connectivity index (χ3v) is 8.46. The lowest BCUT2D eigenvalue weighted by atomic mass is 9.83. The Morgan fingerprint density at radius 2 is 1.97 bits per heavy atom. The number of ether oxygens (including phenoxy) is 1. The van der Waals surface area contributed by atoms with Gasteiger partial charge in [-0.3, -0.25) is 14.4 Å². The Morgan fingerprint density at radius 3 is 2.71 bits per heavy atom. The average molecular weight is 489 g/mol. The number of benzene rings is 1. The van der Waals surface area contributed by atoms with Gasteiger partial charge in [-0.15, -0.1) is 11.8 Å². The number of hydrogen-bond acceptors (Lipinski definition) is 6. The number of amides is 3. The number of nitrogens with zero attached hydrogens (tertiary/aromatic N) is 1. The van der Waals surface area contributed by atoms with Crippen molar-refractivity contribution in [1.82, 2.24) is 20.9 Å². The van der Waals surface area contributed by atoms with E-state index in [1.165, 1.54) is 0 Å². The molecule has 2 saturated heterocycles. The minimum atomic E-state index is -0.625. The molecule has 4 rings (SSSR count). The third kappa shape index (κ3) is 4.77. The van der Waals surface area contributed by atoms with Crippen LogP contribution in [0.1, 0.15) is 58.1 Å². The summed E-state index contributed by atoms with van der Waals surface area (Å²) in [6.45, 7) is 6.58. The number of thioether (sulfide) groups is 1. The highest BCUT2D eigenvalue weighted by Gasteiger charge is 2.54. The molecule has 9 heteroatoms. The monoisotopic (exact) mass is 488 g/mol. The van der Waals surface area contributed by atoms with Crippen molar-refractivity contribution in [3.8, 4) is 5.75 Å². The second kappa shape index (κ2) is 10.2. The van der Waals surface area contributed by atoms with Gasteiger partial charge in [-0.2, -0.15) is 0 Å². The van der Waals surface area contributed by atoms with E-state index in [1.54, 1.807) is 23.7 Å². The number of carbonyl (C=O) groups excluding carboxylic acids is 3. The van der Waals surface area contributed by atoms with E-state index >= 15 is 0 Å². The van der Waals surface area contributed by atoms with Crippen LogP contribution < -0.4 is 20.7 Å². The number of carbonyl (C=O) groups is 3. The molecule has 1 aromatic rings. The quantitative estimate of drug-likeness (QED) is 0.568. The fraction of sp³-hybridized carbons (Fsp3) is 0.640. The Bertz CT molecular complexity index is 935. The van der Waals surface area contributed by atoms with Crippen molar-refractivity contribution in [3.63, 3.8) is 0 Å². The van der Waals surface area contributed by atoms with Gasteiger partial charge >= 0.3 is 0 Å². The van der Waals surface area contributed by atoms with Crippen LogP contribution in [0, 0.1) is 5.41 Å². The summed E-state index contributed by atoms with van der Waals surface area (Å²) in [5.41, 5.74) is 0.583. The van der Waals surface area contributed by atoms with Gasteiger partial charge in [0.25, 0.3) is 0 Å². The Kier molecular flexibility index (Phi) is 7.42. The van der Waals surface area contributed by atoms with Crippen LogP contribution >= 0.6 is 11.8 Å². The average Bonchev–Trinajstić information content (AvgIpc) is 3.00. The number of nitrogens with one attached hydrogen (secondary N) is 3. The zero-order chi connectivity index (χ0) is 24.5. The molecule has 186 valence electrons. The standard InChI is InChI=1S/C25H36N4O4S/c1-5-16(26-4)22(30)28-18-11-13-34-20-14-25(2,3)21(29(20)24(18)32)23(31)27-17-10-12-33-19-9-7-6-8-15(17)19/h6-9,16-18,20-21,26H,5,10-14H2,1-4H3,(H,27,31)(H,28,30)/t16?,17-,18+,20?,21-/m1/s1. The summed E-state index contributed by atoms with van der Waals surface area (Å²) in [7, 11) is 1.74. The smallest absolute Gasteiger partial charge is 0.246 e. The van der Waals surface area contributed by atoms with E-state index in [9.17, 15) is 14.4 Å². The van der Waals surface area contributed by atoms with Gasteiger partial charge in [0.05, 0.1) is 24.1 Å². The summed E-state index contributed by atoms with van der Waals surface area (Å²) in [4.78, 5) is 41.9. The molecule has 2 fully saturated rings. The van der Waals surface area contributed by atoms with E-state index in [1.807, 2.05) is 31.2 Å². The Labute approximate surface area is 205 Å². The van der Waals surface area contributed by atoms with Gasteiger partial charge in [0, 0.05) is 12.0 Å². The first-order valence-corrected chi connectivity index (χ1v) is 13.2. The number of rotatable bonds is 6. The first-order valence-electron chi connectivity index (χ1n) is 12.2. The number of hydrogen-bond donors (Lipinski definition) is 3. The van der Waals surface area contributed by atoms with Crippen LogP contribution in [-0.2, 0) is 14.4 Å². The molecule has 1 aromatic carbocycles. The Morgan fingerprint density at radius 1 is 1.21 bits per heavy atom. The SMILES string of the molecule is CCC(NC)C(=O)N[C@H]1CCSC2CC(C)(C)[C@@H](C(=O)N[C@@H]3CCOc4ccccc43)N2C1=O. The van der Waals surface area contributed by atoms with Crippen LogP contribution in [0.25, 0.3) is 0 Å². The highest BCUT2D eigenvalue weighted by molar-refractivity contribution is 7.99. The summed E-state index contributed by atoms with van der Waals surface area (Å²) in [6, 6.07) is 6.04. The van der Waals surface area contributed by atoms with Crippen molar-refractivity contribution in [1.29, 1.82) is 0 Å². The number of para-hydroxylation sites is 1. The van der Waals surface area contributed by atoms with Crippen molar-refractivity contribution in [2.45, 2.75) is 76.0 Å². The maximum absolute atomic E-state index is 13.7. The summed E-state index contributed by atoms with van der Waals surface area (Å²) in [5, 5.41) is 9.09. The Hall–Kier alpha value is -2.26. The molecule has 3 N–H and O–H groups in total. The normalized spacial score (nSPS) is 28.7. The van der Waals surface area contributed by atoms with E-state index in [-0.39, 0.29) is 40.6 Å². The lowest BCUT2D eigenvalue weighted by molar-refractivity contribution is -0.144. The topological polar surface area (TPSA) is 99.8 Å². The van der Waals surface area contributed by atoms with Gasteiger partial charge < -0.3 is 25.6 Å². The number of fused-ring (bicyclic) bond motifs is 2. The van der Waals surface area contributed by atoms with Crippen molar-refractivity contribution in [3.05, 3.63) is 29.8 Å². The molecule has 0 aliphatic carbocycles. The second-order valence-corrected chi connectivity index (χ2v) is 11.3. The van der Waals surface area contributed by atoms with Gasteiger partial charge in [0.15, 0.2) is 0 Å². The van der Waals surface area contributed by atoms with Gasteiger partial charge in [-0.05, 0) is 43.5 Å². The van der Waals surface area contributed by atoms with E-state index in [4.69, 9.17) is 4.74 Å². The predicted molar refractivity (Wildman–Crippen MR) is 132 cm³/mol. The molecular weight excluding hydrogens is 452 g/mol. The molecule has 34 heavy (non-hydrogen) atoms. The molecule has 0 aromatic heterocycles. The molecular formula is C25H36N4O4S. The van der Waals surface area contributed by atoms with Crippen molar-refractivity contribution >= 4 is 29.5 Å². The minimum absolute atomic E-state index is 0.0756. The largest absolute Gasteiger partial charge is 0.493 e. The molecule has 0 radical (unpaired) electrons. The van der Waals surface area contributed by atoms with Crippen LogP contribution in [0.4, 0.5) is 0 Å². The van der Waals surface area contributed by atoms with E-state index < -0.39 is 12.1 Å². The molecule has 0 bridgehead atoms. The predicted octanol–water partition coefficient (Wildman–Crippen LogP) is 2.20. The van der Waals surface area contributed by atoms with E-state index in [0.29, 0.717) is 25.9 Å². The van der Waals surface area contributed by atoms with Crippen LogP contribution in [0.2, 0.25) is 0 Å². The van der Waals surface area contributed by atoms with Crippen molar-refractivity contribution in [2.24, 2.45) is 5.41 Å². The van der Waals surface area contributed by atoms with E-state index in [0.717, 1.165) is 23.5 Å². The van der Waals surface area contributed by atoms with Crippen LogP contribution in [0.15, 0.2) is 24.3 Å². The molecule has 0 saturated carbocycles. The molecule has 3 aliphatic rings. The summed E-state index contributed by atoms with van der Waals surface area (Å²) < 4.78 is 5.75. The molecule has 0 spiro atoms. The number of likely N-dealkylation sites (N-methyl/N-ethyl adjacent to an activating group) is 1. The minimum Gasteiger partial charge on any atom is -0.493 e. The summed E-state index contributed by atoms with van der Waals surface area (Å²) in [5.74, 6) is 1.07. The first kappa shape index (κ1) is 24.9. The fourth-order valence-corrected chi connectivity index (χ4v) is 6.96. The summed E-state index contributed by atoms with van der Waals surface area (Å²) >= 11 is 1.71. The molecule has 3 amide bonds. The van der Waals surface area contributed by atoms with E-state index in [2.05, 4.69) is 29.8 Å². The van der Waals surface area contributed by atoms with Crippen LogP contribution in [-0.4, -0.2) is 65.5 Å². The summed E-state index contributed by atoms with van der Waals surface area (Å²) in [6.07, 6.45) is 2.61.